The summed E-state index contributed by atoms with van der Waals surface area (Å²) in [7, 11) is 0. The van der Waals surface area contributed by atoms with Crippen molar-refractivity contribution in [3.05, 3.63) is 60.2 Å². The van der Waals surface area contributed by atoms with Crippen molar-refractivity contribution in [1.82, 2.24) is 5.32 Å². The Hall–Kier alpha value is -2.09. The Morgan fingerprint density at radius 3 is 2.26 bits per heavy atom. The second-order valence-electron chi connectivity index (χ2n) is 4.75. The molecule has 2 rings (SSSR count). The maximum absolute atomic E-state index is 10.2. The first-order valence-electron chi connectivity index (χ1n) is 6.63. The van der Waals surface area contributed by atoms with Crippen molar-refractivity contribution in [2.45, 2.75) is 19.3 Å². The van der Waals surface area contributed by atoms with Crippen molar-refractivity contribution in [1.29, 1.82) is 0 Å². The SMILES string of the molecule is CC(CCNC=O)c1ccc(-c2ccccc2)cc1. The standard InChI is InChI=1S/C17H19NO/c1-14(11-12-18-13-19)15-7-9-17(10-8-15)16-5-3-2-4-6-16/h2-10,13-14H,11-12H2,1H3,(H,18,19). The third-order valence-corrected chi connectivity index (χ3v) is 3.39. The van der Waals surface area contributed by atoms with Crippen LogP contribution in [0, 0.1) is 0 Å². The van der Waals surface area contributed by atoms with E-state index in [0.29, 0.717) is 5.92 Å². The van der Waals surface area contributed by atoms with Gasteiger partial charge in [0, 0.05) is 6.54 Å². The quantitative estimate of drug-likeness (QED) is 0.618. The summed E-state index contributed by atoms with van der Waals surface area (Å²) in [5.74, 6) is 0.456. The molecule has 0 heterocycles. The summed E-state index contributed by atoms with van der Waals surface area (Å²) in [6.07, 6.45) is 1.72. The van der Waals surface area contributed by atoms with Gasteiger partial charge in [-0.1, -0.05) is 61.5 Å². The molecule has 0 aliphatic rings. The van der Waals surface area contributed by atoms with E-state index in [-0.39, 0.29) is 0 Å². The molecule has 2 aromatic carbocycles. The molecule has 19 heavy (non-hydrogen) atoms. The molecule has 1 N–H and O–H groups in total. The van der Waals surface area contributed by atoms with Gasteiger partial charge in [-0.3, -0.25) is 4.79 Å². The number of carbonyl (C=O) groups is 1. The normalized spacial score (nSPS) is 11.8. The van der Waals surface area contributed by atoms with Crippen LogP contribution < -0.4 is 5.32 Å². The summed E-state index contributed by atoms with van der Waals surface area (Å²) in [4.78, 5) is 10.2. The first-order valence-corrected chi connectivity index (χ1v) is 6.63. The van der Waals surface area contributed by atoms with Crippen LogP contribution in [0.2, 0.25) is 0 Å². The summed E-state index contributed by atoms with van der Waals surface area (Å²) in [6.45, 7) is 2.91. The molecule has 1 amide bonds. The van der Waals surface area contributed by atoms with Gasteiger partial charge in [0.05, 0.1) is 0 Å². The molecule has 0 bridgehead atoms. The Bertz CT molecular complexity index is 505. The number of hydrogen-bond acceptors (Lipinski definition) is 1. The fourth-order valence-corrected chi connectivity index (χ4v) is 2.16. The minimum absolute atomic E-state index is 0.456. The monoisotopic (exact) mass is 253 g/mol. The van der Waals surface area contributed by atoms with Crippen LogP contribution in [0.3, 0.4) is 0 Å². The number of amides is 1. The topological polar surface area (TPSA) is 29.1 Å². The van der Waals surface area contributed by atoms with E-state index in [2.05, 4.69) is 60.8 Å². The number of nitrogens with one attached hydrogen (secondary N) is 1. The maximum atomic E-state index is 10.2. The fraction of sp³-hybridized carbons (Fsp3) is 0.235. The van der Waals surface area contributed by atoms with Crippen LogP contribution in [0.1, 0.15) is 24.8 Å². The molecule has 0 radical (unpaired) electrons. The highest BCUT2D eigenvalue weighted by Crippen LogP contribution is 2.23. The summed E-state index contributed by atoms with van der Waals surface area (Å²) in [6, 6.07) is 19.0. The Balaban J connectivity index is 2.04. The van der Waals surface area contributed by atoms with Gasteiger partial charge in [0.2, 0.25) is 6.41 Å². The Morgan fingerprint density at radius 2 is 1.63 bits per heavy atom. The van der Waals surface area contributed by atoms with Gasteiger partial charge in [-0.15, -0.1) is 0 Å². The lowest BCUT2D eigenvalue weighted by Crippen LogP contribution is -2.14. The Labute approximate surface area is 114 Å². The van der Waals surface area contributed by atoms with Crippen molar-refractivity contribution < 1.29 is 4.79 Å². The number of benzene rings is 2. The van der Waals surface area contributed by atoms with Gasteiger partial charge in [-0.2, -0.15) is 0 Å². The highest BCUT2D eigenvalue weighted by Gasteiger charge is 2.05. The first kappa shape index (κ1) is 13.3. The molecule has 0 spiro atoms. The fourth-order valence-electron chi connectivity index (χ4n) is 2.16. The predicted octanol–water partition coefficient (Wildman–Crippen LogP) is 3.59. The number of rotatable bonds is 6. The smallest absolute Gasteiger partial charge is 0.207 e. The van der Waals surface area contributed by atoms with Crippen molar-refractivity contribution in [3.63, 3.8) is 0 Å². The molecule has 2 nitrogen and oxygen atoms in total. The molecule has 0 aliphatic heterocycles. The van der Waals surface area contributed by atoms with Crippen molar-refractivity contribution in [3.8, 4) is 11.1 Å². The number of hydrogen-bond donors (Lipinski definition) is 1. The van der Waals surface area contributed by atoms with Gasteiger partial charge in [-0.05, 0) is 29.0 Å². The van der Waals surface area contributed by atoms with Gasteiger partial charge in [-0.25, -0.2) is 0 Å². The minimum atomic E-state index is 0.456. The van der Waals surface area contributed by atoms with E-state index in [1.807, 2.05) is 6.07 Å². The zero-order chi connectivity index (χ0) is 13.5. The van der Waals surface area contributed by atoms with Crippen LogP contribution in [0.4, 0.5) is 0 Å². The first-order chi connectivity index (χ1) is 9.31. The van der Waals surface area contributed by atoms with Gasteiger partial charge in [0.25, 0.3) is 0 Å². The minimum Gasteiger partial charge on any atom is -0.359 e. The Morgan fingerprint density at radius 1 is 1.00 bits per heavy atom. The van der Waals surface area contributed by atoms with Crippen LogP contribution in [-0.2, 0) is 4.79 Å². The van der Waals surface area contributed by atoms with Crippen LogP contribution in [0.25, 0.3) is 11.1 Å². The van der Waals surface area contributed by atoms with Gasteiger partial charge in [0.1, 0.15) is 0 Å². The predicted molar refractivity (Wildman–Crippen MR) is 79.0 cm³/mol. The van der Waals surface area contributed by atoms with E-state index >= 15 is 0 Å². The van der Waals surface area contributed by atoms with Crippen molar-refractivity contribution in [2.24, 2.45) is 0 Å². The van der Waals surface area contributed by atoms with Crippen molar-refractivity contribution >= 4 is 6.41 Å². The van der Waals surface area contributed by atoms with Crippen LogP contribution in [0.5, 0.6) is 0 Å². The number of carbonyl (C=O) groups excluding carboxylic acids is 1. The highest BCUT2D eigenvalue weighted by molar-refractivity contribution is 5.63. The zero-order valence-corrected chi connectivity index (χ0v) is 11.2. The molecule has 0 saturated carbocycles. The largest absolute Gasteiger partial charge is 0.359 e. The summed E-state index contributed by atoms with van der Waals surface area (Å²) in [5, 5.41) is 2.71. The van der Waals surface area contributed by atoms with Gasteiger partial charge < -0.3 is 5.32 Å². The zero-order valence-electron chi connectivity index (χ0n) is 11.2. The average Bonchev–Trinajstić information content (AvgIpc) is 2.48. The molecule has 2 aromatic rings. The van der Waals surface area contributed by atoms with E-state index in [0.717, 1.165) is 19.4 Å². The Kier molecular flexibility index (Phi) is 4.73. The molecular weight excluding hydrogens is 234 g/mol. The average molecular weight is 253 g/mol. The molecule has 2 heteroatoms. The molecule has 0 aromatic heterocycles. The van der Waals surface area contributed by atoms with Crippen LogP contribution in [-0.4, -0.2) is 13.0 Å². The lowest BCUT2D eigenvalue weighted by molar-refractivity contribution is -0.109. The molecule has 0 fully saturated rings. The van der Waals surface area contributed by atoms with Crippen LogP contribution in [0.15, 0.2) is 54.6 Å². The molecule has 1 unspecified atom stereocenters. The van der Waals surface area contributed by atoms with Gasteiger partial charge in [0.15, 0.2) is 0 Å². The molecule has 98 valence electrons. The lowest BCUT2D eigenvalue weighted by Gasteiger charge is -2.12. The third kappa shape index (κ3) is 3.68. The van der Waals surface area contributed by atoms with E-state index in [1.165, 1.54) is 16.7 Å². The second kappa shape index (κ2) is 6.74. The lowest BCUT2D eigenvalue weighted by atomic mass is 9.95. The van der Waals surface area contributed by atoms with Crippen LogP contribution >= 0.6 is 0 Å². The van der Waals surface area contributed by atoms with Crippen molar-refractivity contribution in [2.75, 3.05) is 6.54 Å². The van der Waals surface area contributed by atoms with E-state index in [4.69, 9.17) is 0 Å². The van der Waals surface area contributed by atoms with E-state index < -0.39 is 0 Å². The molecule has 0 aliphatic carbocycles. The molecule has 0 saturated heterocycles. The molecule has 1 atom stereocenters. The van der Waals surface area contributed by atoms with E-state index in [1.54, 1.807) is 0 Å². The van der Waals surface area contributed by atoms with Gasteiger partial charge >= 0.3 is 0 Å². The third-order valence-electron chi connectivity index (χ3n) is 3.39. The highest BCUT2D eigenvalue weighted by atomic mass is 16.1. The van der Waals surface area contributed by atoms with E-state index in [9.17, 15) is 4.79 Å². The summed E-state index contributed by atoms with van der Waals surface area (Å²) < 4.78 is 0. The summed E-state index contributed by atoms with van der Waals surface area (Å²) in [5.41, 5.74) is 3.79. The summed E-state index contributed by atoms with van der Waals surface area (Å²) >= 11 is 0. The maximum Gasteiger partial charge on any atom is 0.207 e. The second-order valence-corrected chi connectivity index (χ2v) is 4.75. The molecular formula is C17H19NO.